The van der Waals surface area contributed by atoms with E-state index in [1.807, 2.05) is 20.8 Å². The summed E-state index contributed by atoms with van der Waals surface area (Å²) in [5, 5.41) is 3.09. The van der Waals surface area contributed by atoms with Gasteiger partial charge in [0.25, 0.3) is 0 Å². The van der Waals surface area contributed by atoms with Crippen LogP contribution in [0.1, 0.15) is 45.2 Å². The van der Waals surface area contributed by atoms with E-state index in [0.29, 0.717) is 19.1 Å². The first kappa shape index (κ1) is 16.4. The van der Waals surface area contributed by atoms with Crippen LogP contribution in [0.2, 0.25) is 0 Å². The number of rotatable bonds is 4. The topological polar surface area (TPSA) is 41.6 Å². The highest BCUT2D eigenvalue weighted by Crippen LogP contribution is 2.30. The Morgan fingerprint density at radius 3 is 2.57 bits per heavy atom. The van der Waals surface area contributed by atoms with E-state index < -0.39 is 6.04 Å². The van der Waals surface area contributed by atoms with Crippen molar-refractivity contribution < 1.29 is 13.9 Å². The van der Waals surface area contributed by atoms with E-state index in [9.17, 15) is 9.18 Å². The quantitative estimate of drug-likeness (QED) is 0.927. The molecule has 1 aliphatic carbocycles. The normalized spacial score (nSPS) is 25.8. The van der Waals surface area contributed by atoms with Gasteiger partial charge in [0.05, 0.1) is 11.7 Å². The predicted octanol–water partition coefficient (Wildman–Crippen LogP) is 2.64. The van der Waals surface area contributed by atoms with Crippen LogP contribution in [0.25, 0.3) is 0 Å². The molecule has 1 aliphatic heterocycles. The van der Waals surface area contributed by atoms with Crippen molar-refractivity contribution in [3.05, 3.63) is 35.6 Å². The zero-order valence-electron chi connectivity index (χ0n) is 14.0. The van der Waals surface area contributed by atoms with E-state index in [2.05, 4.69) is 10.2 Å². The zero-order valence-corrected chi connectivity index (χ0v) is 14.0. The molecule has 1 heterocycles. The minimum absolute atomic E-state index is 0.00371. The molecular weight excluding hydrogens is 295 g/mol. The summed E-state index contributed by atoms with van der Waals surface area (Å²) in [4.78, 5) is 15.0. The number of hydrogen-bond acceptors (Lipinski definition) is 3. The van der Waals surface area contributed by atoms with E-state index in [4.69, 9.17) is 4.74 Å². The van der Waals surface area contributed by atoms with Crippen LogP contribution < -0.4 is 5.32 Å². The highest BCUT2D eigenvalue weighted by atomic mass is 19.1. The number of benzene rings is 1. The van der Waals surface area contributed by atoms with E-state index in [-0.39, 0.29) is 23.4 Å². The minimum atomic E-state index is -0.401. The number of carbonyl (C=O) groups excluding carboxylic acids is 1. The summed E-state index contributed by atoms with van der Waals surface area (Å²) in [7, 11) is 0. The van der Waals surface area contributed by atoms with Gasteiger partial charge in [-0.2, -0.15) is 0 Å². The van der Waals surface area contributed by atoms with Crippen molar-refractivity contribution >= 4 is 5.91 Å². The number of ether oxygens (including phenoxy) is 1. The molecule has 0 bridgehead atoms. The summed E-state index contributed by atoms with van der Waals surface area (Å²) in [5.74, 6) is -0.283. The number of hydrogen-bond donors (Lipinski definition) is 1. The molecule has 1 aromatic rings. The Morgan fingerprint density at radius 2 is 2.00 bits per heavy atom. The minimum Gasteiger partial charge on any atom is -0.370 e. The van der Waals surface area contributed by atoms with Gasteiger partial charge in [-0.3, -0.25) is 9.69 Å². The van der Waals surface area contributed by atoms with Crippen molar-refractivity contribution in [1.29, 1.82) is 0 Å². The molecule has 5 heteroatoms. The Balaban J connectivity index is 1.87. The summed E-state index contributed by atoms with van der Waals surface area (Å²) in [6, 6.07) is 6.15. The third-order valence-corrected chi connectivity index (χ3v) is 4.32. The summed E-state index contributed by atoms with van der Waals surface area (Å²) < 4.78 is 19.2. The lowest BCUT2D eigenvalue weighted by molar-refractivity contribution is -0.150. The van der Waals surface area contributed by atoms with E-state index in [1.54, 1.807) is 12.1 Å². The molecule has 0 aromatic heterocycles. The molecule has 0 spiro atoms. The van der Waals surface area contributed by atoms with Crippen molar-refractivity contribution in [2.45, 2.75) is 57.4 Å². The van der Waals surface area contributed by atoms with Gasteiger partial charge in [-0.15, -0.1) is 0 Å². The summed E-state index contributed by atoms with van der Waals surface area (Å²) in [6.07, 6.45) is 2.15. The maximum absolute atomic E-state index is 13.3. The average molecular weight is 320 g/mol. The Hall–Kier alpha value is -1.46. The summed E-state index contributed by atoms with van der Waals surface area (Å²) in [5.41, 5.74) is 0.518. The molecule has 4 nitrogen and oxygen atoms in total. The number of halogens is 1. The van der Waals surface area contributed by atoms with Crippen molar-refractivity contribution in [2.24, 2.45) is 0 Å². The van der Waals surface area contributed by atoms with Crippen LogP contribution >= 0.6 is 0 Å². The number of morpholine rings is 1. The van der Waals surface area contributed by atoms with Gasteiger partial charge < -0.3 is 10.1 Å². The number of carbonyl (C=O) groups is 1. The van der Waals surface area contributed by atoms with Crippen molar-refractivity contribution in [3.8, 4) is 0 Å². The van der Waals surface area contributed by atoms with Gasteiger partial charge >= 0.3 is 0 Å². The number of amides is 1. The van der Waals surface area contributed by atoms with Crippen molar-refractivity contribution in [1.82, 2.24) is 10.2 Å². The molecule has 1 N–H and O–H groups in total. The maximum Gasteiger partial charge on any atom is 0.242 e. The van der Waals surface area contributed by atoms with Crippen LogP contribution in [-0.4, -0.2) is 41.6 Å². The molecule has 126 valence electrons. The lowest BCUT2D eigenvalue weighted by Gasteiger charge is -2.44. The molecule has 1 aromatic carbocycles. The van der Waals surface area contributed by atoms with E-state index in [1.165, 1.54) is 12.1 Å². The Kier molecular flexibility index (Phi) is 4.43. The molecule has 1 amide bonds. The zero-order chi connectivity index (χ0) is 16.6. The van der Waals surface area contributed by atoms with Crippen LogP contribution in [-0.2, 0) is 9.53 Å². The molecule has 2 fully saturated rings. The van der Waals surface area contributed by atoms with Crippen LogP contribution in [0, 0.1) is 5.82 Å². The van der Waals surface area contributed by atoms with Gasteiger partial charge in [0.2, 0.25) is 5.91 Å². The smallest absolute Gasteiger partial charge is 0.242 e. The molecule has 2 aliphatic rings. The summed E-state index contributed by atoms with van der Waals surface area (Å²) >= 11 is 0. The highest BCUT2D eigenvalue weighted by molar-refractivity contribution is 5.83. The Labute approximate surface area is 137 Å². The van der Waals surface area contributed by atoms with Crippen LogP contribution in [0.4, 0.5) is 4.39 Å². The first-order valence-electron chi connectivity index (χ1n) is 8.32. The molecular formula is C18H25FN2O2. The van der Waals surface area contributed by atoms with E-state index >= 15 is 0 Å². The fourth-order valence-electron chi connectivity index (χ4n) is 3.38. The fraction of sp³-hybridized carbons (Fsp3) is 0.611. The number of nitrogens with one attached hydrogen (secondary N) is 1. The van der Waals surface area contributed by atoms with Crippen molar-refractivity contribution in [3.63, 3.8) is 0 Å². The molecule has 23 heavy (non-hydrogen) atoms. The molecule has 1 saturated heterocycles. The Morgan fingerprint density at radius 1 is 1.35 bits per heavy atom. The standard InChI is InChI=1S/C18H25FN2O2/c1-12-10-21(11-18(2,3)23-12)16(17(22)20-15-8-9-15)13-4-6-14(19)7-5-13/h4-7,12,15-16H,8-11H2,1-3H3,(H,20,22). The lowest BCUT2D eigenvalue weighted by Crippen LogP contribution is -2.55. The van der Waals surface area contributed by atoms with Crippen LogP contribution in [0.3, 0.4) is 0 Å². The van der Waals surface area contributed by atoms with Gasteiger partial charge in [-0.1, -0.05) is 12.1 Å². The summed E-state index contributed by atoms with van der Waals surface area (Å²) in [6.45, 7) is 7.45. The molecule has 2 atom stereocenters. The van der Waals surface area contributed by atoms with Gasteiger partial charge in [0, 0.05) is 19.1 Å². The second-order valence-corrected chi connectivity index (χ2v) is 7.35. The highest BCUT2D eigenvalue weighted by Gasteiger charge is 2.39. The number of nitrogens with zero attached hydrogens (tertiary/aromatic N) is 1. The maximum atomic E-state index is 13.3. The van der Waals surface area contributed by atoms with E-state index in [0.717, 1.165) is 18.4 Å². The third-order valence-electron chi connectivity index (χ3n) is 4.32. The third kappa shape index (κ3) is 4.09. The van der Waals surface area contributed by atoms with Crippen LogP contribution in [0.5, 0.6) is 0 Å². The first-order chi connectivity index (χ1) is 10.8. The van der Waals surface area contributed by atoms with Gasteiger partial charge in [-0.25, -0.2) is 4.39 Å². The predicted molar refractivity (Wildman–Crippen MR) is 86.5 cm³/mol. The fourth-order valence-corrected chi connectivity index (χ4v) is 3.38. The molecule has 1 saturated carbocycles. The van der Waals surface area contributed by atoms with Gasteiger partial charge in [0.15, 0.2) is 0 Å². The Bertz CT molecular complexity index is 569. The van der Waals surface area contributed by atoms with Gasteiger partial charge in [0.1, 0.15) is 11.9 Å². The second-order valence-electron chi connectivity index (χ2n) is 7.35. The van der Waals surface area contributed by atoms with Crippen LogP contribution in [0.15, 0.2) is 24.3 Å². The average Bonchev–Trinajstić information content (AvgIpc) is 3.23. The lowest BCUT2D eigenvalue weighted by atomic mass is 9.98. The molecule has 3 rings (SSSR count). The monoisotopic (exact) mass is 320 g/mol. The SMILES string of the molecule is CC1CN(C(C(=O)NC2CC2)c2ccc(F)cc2)CC(C)(C)O1. The van der Waals surface area contributed by atoms with Gasteiger partial charge in [-0.05, 0) is 51.3 Å². The van der Waals surface area contributed by atoms with Crippen molar-refractivity contribution in [2.75, 3.05) is 13.1 Å². The first-order valence-corrected chi connectivity index (χ1v) is 8.32. The molecule has 2 unspecified atom stereocenters. The molecule has 0 radical (unpaired) electrons. The second kappa shape index (κ2) is 6.21. The largest absolute Gasteiger partial charge is 0.370 e.